The molecule has 20 heavy (non-hydrogen) atoms. The SMILES string of the molecule is CN(C)P1OC(c2ccccc2)CN1c1ccccc1. The van der Waals surface area contributed by atoms with E-state index in [0.717, 1.165) is 6.54 Å². The van der Waals surface area contributed by atoms with Gasteiger partial charge in [0.15, 0.2) is 0 Å². The molecule has 104 valence electrons. The Morgan fingerprint density at radius 1 is 1.00 bits per heavy atom. The van der Waals surface area contributed by atoms with Crippen LogP contribution in [0.5, 0.6) is 0 Å². The zero-order valence-electron chi connectivity index (χ0n) is 11.8. The third-order valence-electron chi connectivity index (χ3n) is 3.33. The third-order valence-corrected chi connectivity index (χ3v) is 5.27. The number of anilines is 1. The number of hydrogen-bond acceptors (Lipinski definition) is 3. The molecular weight excluding hydrogens is 267 g/mol. The molecule has 1 saturated heterocycles. The molecule has 0 bridgehead atoms. The maximum Gasteiger partial charge on any atom is 0.218 e. The van der Waals surface area contributed by atoms with Gasteiger partial charge in [0.1, 0.15) is 6.10 Å². The highest BCUT2D eigenvalue weighted by molar-refractivity contribution is 7.52. The highest BCUT2D eigenvalue weighted by atomic mass is 31.2. The molecule has 3 rings (SSSR count). The molecule has 0 spiro atoms. The molecule has 0 amide bonds. The van der Waals surface area contributed by atoms with E-state index in [1.807, 2.05) is 12.1 Å². The average molecular weight is 286 g/mol. The topological polar surface area (TPSA) is 15.7 Å². The van der Waals surface area contributed by atoms with Crippen LogP contribution in [0.15, 0.2) is 60.7 Å². The van der Waals surface area contributed by atoms with Crippen LogP contribution in [-0.2, 0) is 4.52 Å². The Kier molecular flexibility index (Phi) is 4.02. The minimum atomic E-state index is -0.740. The van der Waals surface area contributed by atoms with Gasteiger partial charge < -0.3 is 9.19 Å². The first-order valence-electron chi connectivity index (χ1n) is 6.77. The molecule has 0 saturated carbocycles. The molecule has 2 aromatic rings. The zero-order chi connectivity index (χ0) is 13.9. The van der Waals surface area contributed by atoms with E-state index in [4.69, 9.17) is 4.52 Å². The van der Waals surface area contributed by atoms with Gasteiger partial charge in [-0.15, -0.1) is 0 Å². The average Bonchev–Trinajstić information content (AvgIpc) is 2.94. The Morgan fingerprint density at radius 3 is 2.20 bits per heavy atom. The van der Waals surface area contributed by atoms with Crippen LogP contribution >= 0.6 is 8.45 Å². The summed E-state index contributed by atoms with van der Waals surface area (Å²) in [4.78, 5) is 0. The fourth-order valence-electron chi connectivity index (χ4n) is 2.38. The molecule has 2 atom stereocenters. The van der Waals surface area contributed by atoms with E-state index in [1.54, 1.807) is 0 Å². The van der Waals surface area contributed by atoms with Crippen LogP contribution in [0.25, 0.3) is 0 Å². The molecule has 0 N–H and O–H groups in total. The molecular formula is C16H19N2OP. The molecule has 1 heterocycles. The number of hydrogen-bond donors (Lipinski definition) is 0. The number of para-hydroxylation sites is 1. The Bertz CT molecular complexity index is 547. The fourth-order valence-corrected chi connectivity index (χ4v) is 4.15. The van der Waals surface area contributed by atoms with Crippen LogP contribution in [-0.4, -0.2) is 25.3 Å². The zero-order valence-corrected chi connectivity index (χ0v) is 12.7. The van der Waals surface area contributed by atoms with Crippen LogP contribution in [0.2, 0.25) is 0 Å². The van der Waals surface area contributed by atoms with E-state index in [1.165, 1.54) is 11.3 Å². The Labute approximate surface area is 121 Å². The Hall–Kier alpha value is -1.41. The van der Waals surface area contributed by atoms with Gasteiger partial charge in [0, 0.05) is 5.69 Å². The first kappa shape index (κ1) is 13.6. The first-order valence-corrected chi connectivity index (χ1v) is 7.94. The standard InChI is InChI=1S/C16H19N2OP/c1-17(2)20-18(15-11-7-4-8-12-15)13-16(19-20)14-9-5-3-6-10-14/h3-12,16H,13H2,1-2H3. The van der Waals surface area contributed by atoms with E-state index in [-0.39, 0.29) is 6.10 Å². The molecule has 4 heteroatoms. The lowest BCUT2D eigenvalue weighted by molar-refractivity contribution is 0.258. The quantitative estimate of drug-likeness (QED) is 0.792. The summed E-state index contributed by atoms with van der Waals surface area (Å²) in [5.74, 6) is 0. The maximum atomic E-state index is 6.29. The lowest BCUT2D eigenvalue weighted by Crippen LogP contribution is -2.20. The molecule has 0 aliphatic carbocycles. The van der Waals surface area contributed by atoms with Crippen molar-refractivity contribution in [2.45, 2.75) is 6.10 Å². The Morgan fingerprint density at radius 2 is 1.60 bits per heavy atom. The summed E-state index contributed by atoms with van der Waals surface area (Å²) in [7, 11) is 3.42. The molecule has 3 nitrogen and oxygen atoms in total. The van der Waals surface area contributed by atoms with Crippen molar-refractivity contribution < 1.29 is 4.52 Å². The van der Waals surface area contributed by atoms with Crippen molar-refractivity contribution in [2.75, 3.05) is 25.3 Å². The van der Waals surface area contributed by atoms with Crippen LogP contribution in [0.4, 0.5) is 5.69 Å². The molecule has 1 aliphatic heterocycles. The van der Waals surface area contributed by atoms with Crippen molar-refractivity contribution in [2.24, 2.45) is 0 Å². The molecule has 2 aromatic carbocycles. The van der Waals surface area contributed by atoms with Gasteiger partial charge in [-0.1, -0.05) is 48.5 Å². The van der Waals surface area contributed by atoms with Crippen LogP contribution < -0.4 is 4.67 Å². The van der Waals surface area contributed by atoms with E-state index in [0.29, 0.717) is 0 Å². The van der Waals surface area contributed by atoms with E-state index >= 15 is 0 Å². The smallest absolute Gasteiger partial charge is 0.218 e. The van der Waals surface area contributed by atoms with Crippen molar-refractivity contribution in [3.05, 3.63) is 66.2 Å². The monoisotopic (exact) mass is 286 g/mol. The van der Waals surface area contributed by atoms with Crippen molar-refractivity contribution in [1.29, 1.82) is 0 Å². The molecule has 2 unspecified atom stereocenters. The van der Waals surface area contributed by atoms with Crippen molar-refractivity contribution in [1.82, 2.24) is 4.67 Å². The lowest BCUT2D eigenvalue weighted by atomic mass is 10.1. The normalized spacial score (nSPS) is 22.4. The van der Waals surface area contributed by atoms with Gasteiger partial charge >= 0.3 is 0 Å². The fraction of sp³-hybridized carbons (Fsp3) is 0.250. The van der Waals surface area contributed by atoms with Gasteiger partial charge in [-0.25, -0.2) is 4.67 Å². The van der Waals surface area contributed by atoms with Crippen LogP contribution in [0.3, 0.4) is 0 Å². The molecule has 1 aliphatic rings. The second-order valence-corrected chi connectivity index (χ2v) is 7.02. The summed E-state index contributed by atoms with van der Waals surface area (Å²) >= 11 is 0. The predicted molar refractivity (Wildman–Crippen MR) is 84.7 cm³/mol. The van der Waals surface area contributed by atoms with Gasteiger partial charge in [-0.05, 0) is 31.8 Å². The summed E-state index contributed by atoms with van der Waals surface area (Å²) < 4.78 is 10.8. The van der Waals surface area contributed by atoms with E-state index in [2.05, 4.69) is 72.0 Å². The molecule has 1 fully saturated rings. The van der Waals surface area contributed by atoms with Crippen molar-refractivity contribution in [3.8, 4) is 0 Å². The molecule has 0 radical (unpaired) electrons. The second kappa shape index (κ2) is 5.92. The predicted octanol–water partition coefficient (Wildman–Crippen LogP) is 4.05. The highest BCUT2D eigenvalue weighted by Gasteiger charge is 2.36. The number of benzene rings is 2. The van der Waals surface area contributed by atoms with Gasteiger partial charge in [-0.2, -0.15) is 0 Å². The highest BCUT2D eigenvalue weighted by Crippen LogP contribution is 2.55. The largest absolute Gasteiger partial charge is 0.317 e. The summed E-state index contributed by atoms with van der Waals surface area (Å²) in [6.07, 6.45) is 0.143. The summed E-state index contributed by atoms with van der Waals surface area (Å²) in [6.45, 7) is 0.901. The van der Waals surface area contributed by atoms with Crippen LogP contribution in [0, 0.1) is 0 Å². The molecule has 0 aromatic heterocycles. The minimum absolute atomic E-state index is 0.143. The summed E-state index contributed by atoms with van der Waals surface area (Å²) in [5.41, 5.74) is 2.48. The summed E-state index contributed by atoms with van der Waals surface area (Å²) in [5, 5.41) is 0. The number of nitrogens with zero attached hydrogens (tertiary/aromatic N) is 2. The number of rotatable bonds is 3. The van der Waals surface area contributed by atoms with Gasteiger partial charge in [0.05, 0.1) is 6.54 Å². The maximum absolute atomic E-state index is 6.29. The summed E-state index contributed by atoms with van der Waals surface area (Å²) in [6, 6.07) is 21.0. The van der Waals surface area contributed by atoms with Crippen molar-refractivity contribution in [3.63, 3.8) is 0 Å². The Balaban J connectivity index is 1.87. The van der Waals surface area contributed by atoms with Gasteiger partial charge in [0.25, 0.3) is 0 Å². The van der Waals surface area contributed by atoms with Gasteiger partial charge in [-0.3, -0.25) is 0 Å². The van der Waals surface area contributed by atoms with Crippen molar-refractivity contribution >= 4 is 14.1 Å². The van der Waals surface area contributed by atoms with Gasteiger partial charge in [0.2, 0.25) is 8.45 Å². The van der Waals surface area contributed by atoms with E-state index in [9.17, 15) is 0 Å². The second-order valence-electron chi connectivity index (χ2n) is 5.02. The third kappa shape index (κ3) is 2.71. The lowest BCUT2D eigenvalue weighted by Gasteiger charge is -2.27. The van der Waals surface area contributed by atoms with E-state index < -0.39 is 8.45 Å². The van der Waals surface area contributed by atoms with Crippen LogP contribution in [0.1, 0.15) is 11.7 Å². The first-order chi connectivity index (χ1) is 9.75. The minimum Gasteiger partial charge on any atom is -0.317 e.